The van der Waals surface area contributed by atoms with E-state index in [1.54, 1.807) is 0 Å². The first-order valence-corrected chi connectivity index (χ1v) is 7.80. The van der Waals surface area contributed by atoms with Crippen molar-refractivity contribution in [2.45, 2.75) is 64.3 Å². The van der Waals surface area contributed by atoms with Gasteiger partial charge in [0.05, 0.1) is 16.4 Å². The number of aryl methyl sites for hydroxylation is 2. The molecule has 1 aliphatic rings. The lowest BCUT2D eigenvalue weighted by Gasteiger charge is -2.16. The summed E-state index contributed by atoms with van der Waals surface area (Å²) in [7, 11) is 0. The zero-order valence-electron chi connectivity index (χ0n) is 11.3. The average molecular weight is 289 g/mol. The Kier molecular flexibility index (Phi) is 4.97. The molecule has 1 aromatic rings. The molecule has 1 aliphatic carbocycles. The van der Waals surface area contributed by atoms with Crippen LogP contribution < -0.4 is 0 Å². The molecule has 0 N–H and O–H groups in total. The van der Waals surface area contributed by atoms with Crippen LogP contribution in [0, 0.1) is 12.8 Å². The van der Waals surface area contributed by atoms with Crippen LogP contribution >= 0.6 is 23.2 Å². The third kappa shape index (κ3) is 3.03. The molecule has 18 heavy (non-hydrogen) atoms. The average Bonchev–Trinajstić information content (AvgIpc) is 2.97. The van der Waals surface area contributed by atoms with Crippen LogP contribution in [0.25, 0.3) is 0 Å². The summed E-state index contributed by atoms with van der Waals surface area (Å²) in [4.78, 5) is 0. The van der Waals surface area contributed by atoms with Gasteiger partial charge in [0.2, 0.25) is 0 Å². The van der Waals surface area contributed by atoms with Crippen LogP contribution in [-0.2, 0) is 13.0 Å². The molecule has 0 aromatic carbocycles. The van der Waals surface area contributed by atoms with Gasteiger partial charge in [0.1, 0.15) is 0 Å². The molecular weight excluding hydrogens is 267 g/mol. The summed E-state index contributed by atoms with van der Waals surface area (Å²) in [5.74, 6) is 0.713. The van der Waals surface area contributed by atoms with Crippen LogP contribution in [-0.4, -0.2) is 15.2 Å². The van der Waals surface area contributed by atoms with Crippen LogP contribution in [0.2, 0.25) is 5.02 Å². The lowest BCUT2D eigenvalue weighted by Crippen LogP contribution is -2.14. The van der Waals surface area contributed by atoms with Gasteiger partial charge in [-0.25, -0.2) is 0 Å². The van der Waals surface area contributed by atoms with Crippen LogP contribution in [0.1, 0.15) is 50.4 Å². The molecule has 4 heteroatoms. The predicted octanol–water partition coefficient (Wildman–Crippen LogP) is 4.60. The Balaban J connectivity index is 1.96. The van der Waals surface area contributed by atoms with Gasteiger partial charge in [0.15, 0.2) is 0 Å². The highest BCUT2D eigenvalue weighted by molar-refractivity contribution is 6.31. The van der Waals surface area contributed by atoms with Crippen molar-refractivity contribution in [1.29, 1.82) is 0 Å². The third-order valence-electron chi connectivity index (χ3n) is 4.02. The van der Waals surface area contributed by atoms with Crippen molar-refractivity contribution >= 4 is 23.2 Å². The molecule has 1 unspecified atom stereocenters. The van der Waals surface area contributed by atoms with Crippen molar-refractivity contribution in [2.75, 3.05) is 0 Å². The molecule has 2 nitrogen and oxygen atoms in total. The maximum Gasteiger partial charge on any atom is 0.0847 e. The number of aromatic nitrogens is 2. The van der Waals surface area contributed by atoms with E-state index in [0.29, 0.717) is 11.3 Å². The van der Waals surface area contributed by atoms with E-state index in [1.807, 2.05) is 11.6 Å². The largest absolute Gasteiger partial charge is 0.268 e. The molecule has 1 atom stereocenters. The molecule has 0 spiro atoms. The number of halogens is 2. The zero-order chi connectivity index (χ0) is 13.1. The van der Waals surface area contributed by atoms with Crippen LogP contribution in [0.5, 0.6) is 0 Å². The van der Waals surface area contributed by atoms with Crippen molar-refractivity contribution in [3.05, 3.63) is 16.4 Å². The van der Waals surface area contributed by atoms with Crippen LogP contribution in [0.4, 0.5) is 0 Å². The van der Waals surface area contributed by atoms with E-state index >= 15 is 0 Å². The van der Waals surface area contributed by atoms with Crippen molar-refractivity contribution in [1.82, 2.24) is 9.78 Å². The fourth-order valence-corrected chi connectivity index (χ4v) is 3.53. The summed E-state index contributed by atoms with van der Waals surface area (Å²) >= 11 is 12.8. The Morgan fingerprint density at radius 2 is 2.06 bits per heavy atom. The second-order valence-electron chi connectivity index (χ2n) is 5.26. The standard InChI is InChI=1S/C14H22Cl2N2/c1-3-18-13(14(16)10(2)17-18)9-8-12(15)11-6-4-5-7-11/h11-12H,3-9H2,1-2H3. The topological polar surface area (TPSA) is 17.8 Å². The van der Waals surface area contributed by atoms with E-state index in [2.05, 4.69) is 12.0 Å². The molecule has 0 saturated heterocycles. The SMILES string of the molecule is CCn1nc(C)c(Cl)c1CCC(Cl)C1CCCC1. The summed E-state index contributed by atoms with van der Waals surface area (Å²) < 4.78 is 2.01. The van der Waals surface area contributed by atoms with E-state index in [-0.39, 0.29) is 0 Å². The van der Waals surface area contributed by atoms with E-state index in [4.69, 9.17) is 23.2 Å². The monoisotopic (exact) mass is 288 g/mol. The molecule has 0 aliphatic heterocycles. The quantitative estimate of drug-likeness (QED) is 0.725. The minimum atomic E-state index is 0.295. The molecular formula is C14H22Cl2N2. The Bertz CT molecular complexity index is 395. The summed E-state index contributed by atoms with van der Waals surface area (Å²) in [6, 6.07) is 0. The Hall–Kier alpha value is -0.210. The predicted molar refractivity (Wildman–Crippen MR) is 77.6 cm³/mol. The van der Waals surface area contributed by atoms with Crippen LogP contribution in [0.15, 0.2) is 0 Å². The van der Waals surface area contributed by atoms with Gasteiger partial charge < -0.3 is 0 Å². The highest BCUT2D eigenvalue weighted by atomic mass is 35.5. The second-order valence-corrected chi connectivity index (χ2v) is 6.20. The number of hydrogen-bond acceptors (Lipinski definition) is 1. The van der Waals surface area contributed by atoms with Gasteiger partial charge in [-0.15, -0.1) is 11.6 Å². The second kappa shape index (κ2) is 6.29. The van der Waals surface area contributed by atoms with Crippen molar-refractivity contribution in [2.24, 2.45) is 5.92 Å². The number of alkyl halides is 1. The van der Waals surface area contributed by atoms with Crippen LogP contribution in [0.3, 0.4) is 0 Å². The molecule has 2 rings (SSSR count). The lowest BCUT2D eigenvalue weighted by atomic mass is 9.99. The minimum Gasteiger partial charge on any atom is -0.268 e. The van der Waals surface area contributed by atoms with Gasteiger partial charge >= 0.3 is 0 Å². The number of rotatable bonds is 5. The molecule has 1 saturated carbocycles. The highest BCUT2D eigenvalue weighted by Gasteiger charge is 2.24. The molecule has 102 valence electrons. The number of hydrogen-bond donors (Lipinski definition) is 0. The first kappa shape index (κ1) is 14.2. The van der Waals surface area contributed by atoms with Gasteiger partial charge in [0, 0.05) is 11.9 Å². The molecule has 1 aromatic heterocycles. The van der Waals surface area contributed by atoms with Gasteiger partial charge in [0.25, 0.3) is 0 Å². The van der Waals surface area contributed by atoms with Crippen molar-refractivity contribution in [3.8, 4) is 0 Å². The highest BCUT2D eigenvalue weighted by Crippen LogP contribution is 2.33. The normalized spacial score (nSPS) is 18.4. The smallest absolute Gasteiger partial charge is 0.0847 e. The maximum absolute atomic E-state index is 6.52. The number of nitrogens with zero attached hydrogens (tertiary/aromatic N) is 2. The summed E-state index contributed by atoms with van der Waals surface area (Å²) in [6.45, 7) is 4.94. The summed E-state index contributed by atoms with van der Waals surface area (Å²) in [5.41, 5.74) is 2.08. The van der Waals surface area contributed by atoms with Gasteiger partial charge in [-0.3, -0.25) is 4.68 Å². The van der Waals surface area contributed by atoms with E-state index in [1.165, 1.54) is 25.7 Å². The zero-order valence-corrected chi connectivity index (χ0v) is 12.8. The molecule has 0 amide bonds. The summed E-state index contributed by atoms with van der Waals surface area (Å²) in [5, 5.41) is 5.57. The third-order valence-corrected chi connectivity index (χ3v) is 5.09. The maximum atomic E-state index is 6.52. The molecule has 1 heterocycles. The first-order valence-electron chi connectivity index (χ1n) is 6.99. The Labute approximate surface area is 120 Å². The van der Waals surface area contributed by atoms with E-state index in [9.17, 15) is 0 Å². The van der Waals surface area contributed by atoms with E-state index in [0.717, 1.165) is 35.8 Å². The van der Waals surface area contributed by atoms with E-state index < -0.39 is 0 Å². The van der Waals surface area contributed by atoms with Gasteiger partial charge in [-0.1, -0.05) is 24.4 Å². The van der Waals surface area contributed by atoms with Crippen molar-refractivity contribution in [3.63, 3.8) is 0 Å². The first-order chi connectivity index (χ1) is 8.63. The summed E-state index contributed by atoms with van der Waals surface area (Å²) in [6.07, 6.45) is 7.25. The fourth-order valence-electron chi connectivity index (χ4n) is 2.94. The fraction of sp³-hybridized carbons (Fsp3) is 0.786. The molecule has 0 radical (unpaired) electrons. The molecule has 1 fully saturated rings. The Morgan fingerprint density at radius 3 is 2.67 bits per heavy atom. The van der Waals surface area contributed by atoms with Gasteiger partial charge in [-0.2, -0.15) is 5.10 Å². The molecule has 0 bridgehead atoms. The van der Waals surface area contributed by atoms with Gasteiger partial charge in [-0.05, 0) is 45.4 Å². The Morgan fingerprint density at radius 1 is 1.39 bits per heavy atom. The minimum absolute atomic E-state index is 0.295. The van der Waals surface area contributed by atoms with Crippen molar-refractivity contribution < 1.29 is 0 Å². The lowest BCUT2D eigenvalue weighted by molar-refractivity contribution is 0.484.